The Labute approximate surface area is 94.0 Å². The minimum Gasteiger partial charge on any atom is -1.00 e. The average molecular weight is 260 g/mol. The van der Waals surface area contributed by atoms with Gasteiger partial charge >= 0.3 is 33.5 Å². The number of halogens is 1. The van der Waals surface area contributed by atoms with E-state index in [9.17, 15) is 0 Å². The van der Waals surface area contributed by atoms with Crippen molar-refractivity contribution in [3.63, 3.8) is 0 Å². The van der Waals surface area contributed by atoms with E-state index < -0.39 is 10.4 Å². The van der Waals surface area contributed by atoms with Gasteiger partial charge in [-0.3, -0.25) is 9.11 Å². The van der Waals surface area contributed by atoms with Crippen LogP contribution in [-0.4, -0.2) is 51.5 Å². The van der Waals surface area contributed by atoms with E-state index >= 15 is 0 Å². The molecule has 71 valence electrons. The molecule has 0 aliphatic heterocycles. The van der Waals surface area contributed by atoms with Crippen molar-refractivity contribution in [1.82, 2.24) is 0 Å². The summed E-state index contributed by atoms with van der Waals surface area (Å²) in [6.45, 7) is 0. The first-order valence-corrected chi connectivity index (χ1v) is 2.10. The summed E-state index contributed by atoms with van der Waals surface area (Å²) in [6.07, 6.45) is 0. The molecule has 0 atom stereocenters. The van der Waals surface area contributed by atoms with Gasteiger partial charge in [0, 0.05) is 17.1 Å². The van der Waals surface area contributed by atoms with E-state index in [1.807, 2.05) is 0 Å². The summed E-state index contributed by atoms with van der Waals surface area (Å²) in [5.41, 5.74) is 0. The Morgan fingerprint density at radius 3 is 1.10 bits per heavy atom. The van der Waals surface area contributed by atoms with Gasteiger partial charge < -0.3 is 13.8 Å². The van der Waals surface area contributed by atoms with Crippen LogP contribution in [0.4, 0.5) is 0 Å². The van der Waals surface area contributed by atoms with E-state index in [1.165, 1.54) is 0 Å². The molecule has 0 heterocycles. The Bertz CT molecular complexity index is 109. The van der Waals surface area contributed by atoms with Crippen molar-refractivity contribution in [3.8, 4) is 0 Å². The first-order chi connectivity index (χ1) is 2.00. The monoisotopic (exact) mass is 259 g/mol. The quantitative estimate of drug-likeness (QED) is 0.383. The van der Waals surface area contributed by atoms with Gasteiger partial charge in [0.1, 0.15) is 0 Å². The van der Waals surface area contributed by atoms with E-state index in [0.717, 1.165) is 0 Å². The molecule has 0 aromatic carbocycles. The zero-order valence-electron chi connectivity index (χ0n) is 6.54. The first kappa shape index (κ1) is 42.4. The Morgan fingerprint density at radius 1 is 1.10 bits per heavy atom. The molecule has 0 fully saturated rings. The van der Waals surface area contributed by atoms with Crippen LogP contribution in [0.2, 0.25) is 0 Å². The normalized spacial score (nSPS) is 5.80. The van der Waals surface area contributed by atoms with E-state index in [0.29, 0.717) is 0 Å². The Balaban J connectivity index is -0.00000000381. The molecule has 0 aromatic rings. The maximum absolute atomic E-state index is 8.74. The Morgan fingerprint density at radius 2 is 1.10 bits per heavy atom. The second-order valence-corrected chi connectivity index (χ2v) is 1.34. The van der Waals surface area contributed by atoms with Crippen molar-refractivity contribution in [2.45, 2.75) is 0 Å². The van der Waals surface area contributed by atoms with Crippen molar-refractivity contribution in [2.75, 3.05) is 0 Å². The third-order valence-electron chi connectivity index (χ3n) is 0. The largest absolute Gasteiger partial charge is 2.00 e. The molecule has 0 spiro atoms. The van der Waals surface area contributed by atoms with E-state index in [-0.39, 0.29) is 66.3 Å². The van der Waals surface area contributed by atoms with Crippen LogP contribution >= 0.6 is 12.4 Å². The number of hydrogen-bond acceptors (Lipinski definition) is 2. The maximum Gasteiger partial charge on any atom is 2.00 e. The standard InChI is InChI=1S/ClH.Cu.Mg.H2O4S.2H2O.2H/c;;;1-5(2,3)4;;;;/h1H;;;(H2,1,2,3,4);2*1H2;;/q;;+2;;;;2*-1. The van der Waals surface area contributed by atoms with Crippen LogP contribution in [-0.2, 0) is 27.5 Å². The molecule has 0 aliphatic carbocycles. The molecular weight excluding hydrogens is 251 g/mol. The van der Waals surface area contributed by atoms with E-state index in [1.54, 1.807) is 0 Å². The third-order valence-corrected chi connectivity index (χ3v) is 0. The van der Waals surface area contributed by atoms with Crippen molar-refractivity contribution in [2.24, 2.45) is 0 Å². The van der Waals surface area contributed by atoms with Crippen LogP contribution in [0.1, 0.15) is 2.85 Å². The molecule has 1 radical (unpaired) electrons. The smallest absolute Gasteiger partial charge is 1.00 e. The second-order valence-electron chi connectivity index (χ2n) is 0.448. The third kappa shape index (κ3) is 351. The summed E-state index contributed by atoms with van der Waals surface area (Å²) in [7, 11) is -4.67. The topological polar surface area (TPSA) is 138 Å². The summed E-state index contributed by atoms with van der Waals surface area (Å²) >= 11 is 0. The van der Waals surface area contributed by atoms with Gasteiger partial charge in [-0.2, -0.15) is 8.42 Å². The zero-order valence-corrected chi connectivity index (χ0v) is 8.52. The van der Waals surface area contributed by atoms with Gasteiger partial charge in [-0.25, -0.2) is 0 Å². The fourth-order valence-corrected chi connectivity index (χ4v) is 0. The predicted molar refractivity (Wildman–Crippen MR) is 36.6 cm³/mol. The van der Waals surface area contributed by atoms with Crippen LogP contribution in [0.3, 0.4) is 0 Å². The molecule has 0 saturated carbocycles. The number of hydrogen-bond donors (Lipinski definition) is 2. The van der Waals surface area contributed by atoms with E-state index in [2.05, 4.69) is 0 Å². The zero-order chi connectivity index (χ0) is 4.50. The summed E-state index contributed by atoms with van der Waals surface area (Å²) in [6, 6.07) is 0. The van der Waals surface area contributed by atoms with Gasteiger partial charge in [0.05, 0.1) is 0 Å². The van der Waals surface area contributed by atoms with Gasteiger partial charge in [-0.15, -0.1) is 12.4 Å². The van der Waals surface area contributed by atoms with Gasteiger partial charge in [0.25, 0.3) is 0 Å². The number of rotatable bonds is 0. The van der Waals surface area contributed by atoms with Gasteiger partial charge in [-0.05, 0) is 0 Å². The Kier molecular flexibility index (Phi) is 71.1. The van der Waals surface area contributed by atoms with Crippen molar-refractivity contribution in [1.29, 1.82) is 0 Å². The summed E-state index contributed by atoms with van der Waals surface area (Å²) in [4.78, 5) is 0. The molecule has 0 amide bonds. The second kappa shape index (κ2) is 16.8. The summed E-state index contributed by atoms with van der Waals surface area (Å²) < 4.78 is 31.6. The molecule has 0 aromatic heterocycles. The molecule has 6 nitrogen and oxygen atoms in total. The van der Waals surface area contributed by atoms with E-state index in [4.69, 9.17) is 17.5 Å². The van der Waals surface area contributed by atoms with Gasteiger partial charge in [0.15, 0.2) is 0 Å². The van der Waals surface area contributed by atoms with Crippen molar-refractivity contribution >= 4 is 45.9 Å². The van der Waals surface area contributed by atoms with Crippen LogP contribution in [0.25, 0.3) is 0 Å². The van der Waals surface area contributed by atoms with Crippen molar-refractivity contribution in [3.05, 3.63) is 0 Å². The first-order valence-electron chi connectivity index (χ1n) is 0.698. The molecule has 0 saturated heterocycles. The molecule has 10 heteroatoms. The fraction of sp³-hybridized carbons (Fsp3) is 0. The minimum absolute atomic E-state index is 0. The molecule has 0 unspecified atom stereocenters. The Hall–Kier alpha value is 1.37. The molecule has 10 heavy (non-hydrogen) atoms. The molecule has 6 N–H and O–H groups in total. The van der Waals surface area contributed by atoms with Crippen molar-refractivity contribution < 1.29 is 48.4 Å². The van der Waals surface area contributed by atoms with Crippen LogP contribution in [0, 0.1) is 0 Å². The fourth-order valence-electron chi connectivity index (χ4n) is 0. The van der Waals surface area contributed by atoms with Crippen LogP contribution < -0.4 is 0 Å². The van der Waals surface area contributed by atoms with Gasteiger partial charge in [-0.1, -0.05) is 0 Å². The maximum atomic E-state index is 8.74. The van der Waals surface area contributed by atoms with Crippen LogP contribution in [0.15, 0.2) is 0 Å². The predicted octanol–water partition coefficient (Wildman–Crippen LogP) is -2.04. The summed E-state index contributed by atoms with van der Waals surface area (Å²) in [5, 5.41) is 0. The average Bonchev–Trinajstić information content (AvgIpc) is 0.722. The summed E-state index contributed by atoms with van der Waals surface area (Å²) in [5.74, 6) is 0. The molecular formula is H9ClCuMgO6S. The SMILES string of the molecule is Cl.O.O.O=S(=O)(O)O.[Cu].[H-].[H-].[Mg+2]. The molecule has 0 aliphatic rings. The molecule has 0 bridgehead atoms. The minimum atomic E-state index is -4.67. The van der Waals surface area contributed by atoms with Gasteiger partial charge in [0.2, 0.25) is 0 Å². The van der Waals surface area contributed by atoms with Crippen LogP contribution in [0.5, 0.6) is 0 Å². The molecule has 0 rings (SSSR count).